The van der Waals surface area contributed by atoms with Crippen molar-refractivity contribution in [3.8, 4) is 0 Å². The van der Waals surface area contributed by atoms with Crippen LogP contribution < -0.4 is 5.32 Å². The summed E-state index contributed by atoms with van der Waals surface area (Å²) in [4.78, 5) is 11.0. The van der Waals surface area contributed by atoms with Gasteiger partial charge in [0.15, 0.2) is 5.96 Å². The lowest BCUT2D eigenvalue weighted by Gasteiger charge is -2.21. The maximum atomic E-state index is 12.1. The van der Waals surface area contributed by atoms with Crippen LogP contribution >= 0.6 is 11.3 Å². The van der Waals surface area contributed by atoms with Gasteiger partial charge in [0.05, 0.1) is 22.1 Å². The van der Waals surface area contributed by atoms with E-state index in [1.54, 1.807) is 42.6 Å². The van der Waals surface area contributed by atoms with Crippen LogP contribution in [-0.4, -0.2) is 56.8 Å². The van der Waals surface area contributed by atoms with Crippen molar-refractivity contribution in [2.75, 3.05) is 28.2 Å². The molecule has 2 rings (SSSR count). The average molecular weight is 396 g/mol. The fourth-order valence-corrected chi connectivity index (χ4v) is 3.86. The predicted molar refractivity (Wildman–Crippen MR) is 106 cm³/mol. The summed E-state index contributed by atoms with van der Waals surface area (Å²) in [6.45, 7) is 3.21. The molecule has 0 amide bonds. The number of aryl methyl sites for hydroxylation is 1. The molecule has 0 aliphatic carbocycles. The van der Waals surface area contributed by atoms with Crippen molar-refractivity contribution in [1.82, 2.24) is 19.5 Å². The number of aliphatic imine (C=N–C) groups is 1. The predicted octanol–water partition coefficient (Wildman–Crippen LogP) is 1.91. The summed E-state index contributed by atoms with van der Waals surface area (Å²) in [5.41, 5.74) is 1.98. The second-order valence-electron chi connectivity index (χ2n) is 6.05. The third kappa shape index (κ3) is 5.03. The number of nitrogens with zero attached hydrogens (tertiary/aromatic N) is 4. The quantitative estimate of drug-likeness (QED) is 0.597. The molecule has 0 saturated heterocycles. The molecule has 1 heterocycles. The van der Waals surface area contributed by atoms with Gasteiger partial charge in [0.2, 0.25) is 10.0 Å². The smallest absolute Gasteiger partial charge is 0.242 e. The van der Waals surface area contributed by atoms with Gasteiger partial charge in [0.1, 0.15) is 0 Å². The maximum absolute atomic E-state index is 12.1. The Morgan fingerprint density at radius 3 is 2.38 bits per heavy atom. The third-order valence-electron chi connectivity index (χ3n) is 3.79. The van der Waals surface area contributed by atoms with Crippen LogP contribution in [0.15, 0.2) is 39.5 Å². The second kappa shape index (κ2) is 8.61. The van der Waals surface area contributed by atoms with Gasteiger partial charge < -0.3 is 10.2 Å². The number of sulfonamides is 1. The first kappa shape index (κ1) is 20.3. The van der Waals surface area contributed by atoms with E-state index in [0.717, 1.165) is 22.2 Å². The molecular weight excluding hydrogens is 370 g/mol. The molecule has 0 fully saturated rings. The number of hydrogen-bond donors (Lipinski definition) is 1. The Morgan fingerprint density at radius 1 is 1.23 bits per heavy atom. The van der Waals surface area contributed by atoms with Crippen LogP contribution in [0.3, 0.4) is 0 Å². The minimum atomic E-state index is -3.40. The summed E-state index contributed by atoms with van der Waals surface area (Å²) in [7, 11) is 3.33. The van der Waals surface area contributed by atoms with E-state index < -0.39 is 10.0 Å². The van der Waals surface area contributed by atoms with Gasteiger partial charge in [-0.05, 0) is 24.6 Å². The van der Waals surface area contributed by atoms with E-state index in [2.05, 4.69) is 15.3 Å². The molecule has 0 spiro atoms. The van der Waals surface area contributed by atoms with Crippen molar-refractivity contribution in [3.63, 3.8) is 0 Å². The maximum Gasteiger partial charge on any atom is 0.242 e. The second-order valence-corrected chi connectivity index (χ2v) is 9.26. The molecule has 0 aliphatic rings. The standard InChI is InChI=1S/C17H25N5O2S2/c1-13-20-15(12-25-13)11-22(5)17(18-2)19-10-14-6-8-16(9-7-14)26(23,24)21(3)4/h6-9,12H,10-11H2,1-5H3,(H,18,19). The first-order valence-corrected chi connectivity index (χ1v) is 10.4. The van der Waals surface area contributed by atoms with Gasteiger partial charge >= 0.3 is 0 Å². The molecule has 0 unspecified atom stereocenters. The summed E-state index contributed by atoms with van der Waals surface area (Å²) in [6, 6.07) is 6.86. The fraction of sp³-hybridized carbons (Fsp3) is 0.412. The number of aromatic nitrogens is 1. The SMILES string of the molecule is CN=C(NCc1ccc(S(=O)(=O)N(C)C)cc1)N(C)Cc1csc(C)n1. The van der Waals surface area contributed by atoms with E-state index in [-0.39, 0.29) is 4.90 Å². The highest BCUT2D eigenvalue weighted by molar-refractivity contribution is 7.89. The molecule has 142 valence electrons. The zero-order valence-electron chi connectivity index (χ0n) is 15.7. The lowest BCUT2D eigenvalue weighted by molar-refractivity contribution is 0.470. The molecule has 1 N–H and O–H groups in total. The number of guanidine groups is 1. The van der Waals surface area contributed by atoms with E-state index in [1.165, 1.54) is 18.4 Å². The van der Waals surface area contributed by atoms with Gasteiger partial charge in [-0.15, -0.1) is 11.3 Å². The van der Waals surface area contributed by atoms with E-state index in [4.69, 9.17) is 0 Å². The highest BCUT2D eigenvalue weighted by Crippen LogP contribution is 2.14. The fourth-order valence-electron chi connectivity index (χ4n) is 2.35. The summed E-state index contributed by atoms with van der Waals surface area (Å²) in [6.07, 6.45) is 0. The molecular formula is C17H25N5O2S2. The van der Waals surface area contributed by atoms with Crippen LogP contribution in [0.5, 0.6) is 0 Å². The summed E-state index contributed by atoms with van der Waals surface area (Å²) < 4.78 is 25.4. The first-order valence-electron chi connectivity index (χ1n) is 8.08. The Kier molecular flexibility index (Phi) is 6.74. The highest BCUT2D eigenvalue weighted by atomic mass is 32.2. The largest absolute Gasteiger partial charge is 0.352 e. The van der Waals surface area contributed by atoms with E-state index in [0.29, 0.717) is 13.1 Å². The molecule has 1 aromatic carbocycles. The van der Waals surface area contributed by atoms with Crippen LogP contribution in [0, 0.1) is 6.92 Å². The summed E-state index contributed by atoms with van der Waals surface area (Å²) in [5, 5.41) is 6.38. The topological polar surface area (TPSA) is 77.9 Å². The highest BCUT2D eigenvalue weighted by Gasteiger charge is 2.16. The summed E-state index contributed by atoms with van der Waals surface area (Å²) in [5.74, 6) is 0.751. The van der Waals surface area contributed by atoms with Gasteiger partial charge in [0, 0.05) is 40.1 Å². The zero-order valence-corrected chi connectivity index (χ0v) is 17.4. The van der Waals surface area contributed by atoms with Crippen LogP contribution in [0.1, 0.15) is 16.3 Å². The number of thiazole rings is 1. The van der Waals surface area contributed by atoms with Crippen molar-refractivity contribution < 1.29 is 8.42 Å². The van der Waals surface area contributed by atoms with Crippen LogP contribution in [0.25, 0.3) is 0 Å². The van der Waals surface area contributed by atoms with E-state index >= 15 is 0 Å². The monoisotopic (exact) mass is 395 g/mol. The van der Waals surface area contributed by atoms with E-state index in [1.807, 2.05) is 24.3 Å². The van der Waals surface area contributed by atoms with Crippen LogP contribution in [0.2, 0.25) is 0 Å². The first-order chi connectivity index (χ1) is 12.2. The molecule has 0 atom stereocenters. The number of hydrogen-bond acceptors (Lipinski definition) is 5. The molecule has 0 bridgehead atoms. The molecule has 7 nitrogen and oxygen atoms in total. The van der Waals surface area contributed by atoms with E-state index in [9.17, 15) is 8.42 Å². The Labute approximate surface area is 159 Å². The molecule has 2 aromatic rings. The van der Waals surface area contributed by atoms with Crippen molar-refractivity contribution in [3.05, 3.63) is 45.9 Å². The van der Waals surface area contributed by atoms with Crippen LogP contribution in [-0.2, 0) is 23.1 Å². The lowest BCUT2D eigenvalue weighted by atomic mass is 10.2. The van der Waals surface area contributed by atoms with Crippen molar-refractivity contribution in [2.45, 2.75) is 24.9 Å². The molecule has 1 aromatic heterocycles. The van der Waals surface area contributed by atoms with Gasteiger partial charge in [-0.25, -0.2) is 17.7 Å². The normalized spacial score (nSPS) is 12.5. The van der Waals surface area contributed by atoms with Crippen molar-refractivity contribution in [1.29, 1.82) is 0 Å². The Bertz CT molecular complexity index is 858. The molecule has 0 radical (unpaired) electrons. The number of benzene rings is 1. The average Bonchev–Trinajstić information content (AvgIpc) is 3.00. The molecule has 26 heavy (non-hydrogen) atoms. The van der Waals surface area contributed by atoms with Crippen molar-refractivity contribution in [2.24, 2.45) is 4.99 Å². The molecule has 9 heteroatoms. The number of nitrogens with one attached hydrogen (secondary N) is 1. The number of rotatable bonds is 6. The summed E-state index contributed by atoms with van der Waals surface area (Å²) >= 11 is 1.63. The Hall–Kier alpha value is -1.97. The minimum absolute atomic E-state index is 0.284. The molecule has 0 saturated carbocycles. The third-order valence-corrected chi connectivity index (χ3v) is 6.44. The molecule has 0 aliphatic heterocycles. The minimum Gasteiger partial charge on any atom is -0.352 e. The van der Waals surface area contributed by atoms with Gasteiger partial charge in [-0.1, -0.05) is 12.1 Å². The Morgan fingerprint density at radius 2 is 1.88 bits per heavy atom. The van der Waals surface area contributed by atoms with Gasteiger partial charge in [0.25, 0.3) is 0 Å². The van der Waals surface area contributed by atoms with Gasteiger partial charge in [-0.2, -0.15) is 0 Å². The zero-order chi connectivity index (χ0) is 19.3. The van der Waals surface area contributed by atoms with Crippen molar-refractivity contribution >= 4 is 27.3 Å². The Balaban J connectivity index is 1.98. The van der Waals surface area contributed by atoms with Crippen LogP contribution in [0.4, 0.5) is 0 Å². The lowest BCUT2D eigenvalue weighted by Crippen LogP contribution is -2.38. The van der Waals surface area contributed by atoms with Gasteiger partial charge in [-0.3, -0.25) is 4.99 Å².